The van der Waals surface area contributed by atoms with Crippen molar-refractivity contribution in [2.75, 3.05) is 0 Å². The quantitative estimate of drug-likeness (QED) is 0.408. The number of benzene rings is 1. The number of nitrogens with zero attached hydrogens (tertiary/aromatic N) is 2. The summed E-state index contributed by atoms with van der Waals surface area (Å²) in [7, 11) is 0. The second-order valence-corrected chi connectivity index (χ2v) is 7.00. The van der Waals surface area contributed by atoms with Crippen LogP contribution in [-0.4, -0.2) is 9.97 Å². The lowest BCUT2D eigenvalue weighted by molar-refractivity contribution is -0.137. The highest BCUT2D eigenvalue weighted by Gasteiger charge is 2.33. The monoisotopic (exact) mass is 432 g/mol. The minimum atomic E-state index is -4.48. The van der Waals surface area contributed by atoms with Crippen molar-refractivity contribution in [3.8, 4) is 23.0 Å². The Morgan fingerprint density at radius 1 is 0.931 bits per heavy atom. The fourth-order valence-corrected chi connectivity index (χ4v) is 3.17. The van der Waals surface area contributed by atoms with Gasteiger partial charge in [0.15, 0.2) is 5.82 Å². The third kappa shape index (κ3) is 5.26. The Hall–Kier alpha value is -2.62. The van der Waals surface area contributed by atoms with Crippen molar-refractivity contribution in [2.24, 2.45) is 0 Å². The van der Waals surface area contributed by atoms with Crippen molar-refractivity contribution in [2.45, 2.75) is 32.1 Å². The average molecular weight is 432 g/mol. The molecule has 2 aromatic heterocycles. The third-order valence-corrected chi connectivity index (χ3v) is 4.76. The number of halogens is 6. The van der Waals surface area contributed by atoms with Gasteiger partial charge in [0, 0.05) is 28.8 Å². The number of ether oxygens (including phenoxy) is 1. The van der Waals surface area contributed by atoms with Gasteiger partial charge in [-0.3, -0.25) is 0 Å². The maximum Gasteiger partial charge on any atom is 0.425 e. The molecule has 2 heterocycles. The lowest BCUT2D eigenvalue weighted by Gasteiger charge is -2.10. The van der Waals surface area contributed by atoms with Gasteiger partial charge in [-0.1, -0.05) is 25.5 Å². The Balaban J connectivity index is 1.93. The van der Waals surface area contributed by atoms with Crippen molar-refractivity contribution in [3.05, 3.63) is 57.9 Å². The summed E-state index contributed by atoms with van der Waals surface area (Å²) in [6.07, 6.45) is -7.66. The van der Waals surface area contributed by atoms with Crippen LogP contribution in [0, 0.1) is 0 Å². The smallest absolute Gasteiger partial charge is 0.425 e. The first-order chi connectivity index (χ1) is 13.6. The summed E-state index contributed by atoms with van der Waals surface area (Å²) in [6.45, 7) is 1.91. The lowest BCUT2D eigenvalue weighted by atomic mass is 10.1. The zero-order valence-corrected chi connectivity index (χ0v) is 15.8. The van der Waals surface area contributed by atoms with Crippen molar-refractivity contribution < 1.29 is 31.1 Å². The van der Waals surface area contributed by atoms with Crippen LogP contribution in [0.15, 0.2) is 41.8 Å². The van der Waals surface area contributed by atoms with Gasteiger partial charge in [-0.25, -0.2) is 4.98 Å². The van der Waals surface area contributed by atoms with Crippen molar-refractivity contribution in [1.82, 2.24) is 9.97 Å². The van der Waals surface area contributed by atoms with Gasteiger partial charge in [-0.15, -0.1) is 11.3 Å². The van der Waals surface area contributed by atoms with Crippen LogP contribution >= 0.6 is 11.3 Å². The van der Waals surface area contributed by atoms with E-state index in [1.54, 1.807) is 0 Å². The summed E-state index contributed by atoms with van der Waals surface area (Å²) in [4.78, 5) is 7.67. The molecule has 0 atom stereocenters. The normalized spacial score (nSPS) is 12.2. The van der Waals surface area contributed by atoms with E-state index in [1.807, 2.05) is 6.92 Å². The molecule has 0 saturated heterocycles. The molecule has 0 aliphatic heterocycles. The first kappa shape index (κ1) is 21.1. The molecule has 1 aromatic carbocycles. The Kier molecular flexibility index (Phi) is 5.83. The summed E-state index contributed by atoms with van der Waals surface area (Å²) >= 11 is 0.495. The molecule has 3 nitrogen and oxygen atoms in total. The summed E-state index contributed by atoms with van der Waals surface area (Å²) in [6, 6.07) is 6.68. The third-order valence-electron chi connectivity index (χ3n) is 3.81. The standard InChI is InChI=1S/C19H14F6N2OS/c1-2-3-13-8-16(28-14-9-15(29-10-14)19(23,24)25)27-17(26-13)11-4-6-12(7-5-11)18(20,21)22/h4-10H,2-3H2,1H3. The minimum Gasteiger partial charge on any atom is -0.438 e. The van der Waals surface area contributed by atoms with E-state index < -0.39 is 22.8 Å². The van der Waals surface area contributed by atoms with E-state index >= 15 is 0 Å². The first-order valence-corrected chi connectivity index (χ1v) is 9.33. The Bertz CT molecular complexity index is 980. The lowest BCUT2D eigenvalue weighted by Crippen LogP contribution is -2.04. The van der Waals surface area contributed by atoms with Crippen LogP contribution in [-0.2, 0) is 18.8 Å². The number of rotatable bonds is 5. The van der Waals surface area contributed by atoms with Gasteiger partial charge in [0.25, 0.3) is 0 Å². The molecular weight excluding hydrogens is 418 g/mol. The SMILES string of the molecule is CCCc1cc(Oc2csc(C(F)(F)F)c2)nc(-c2ccc(C(F)(F)F)cc2)n1. The summed E-state index contributed by atoms with van der Waals surface area (Å²) < 4.78 is 82.0. The summed E-state index contributed by atoms with van der Waals surface area (Å²) in [5.74, 6) is 0.123. The molecule has 0 bridgehead atoms. The predicted molar refractivity (Wildman–Crippen MR) is 95.9 cm³/mol. The Morgan fingerprint density at radius 2 is 1.62 bits per heavy atom. The second kappa shape index (κ2) is 8.02. The second-order valence-electron chi connectivity index (χ2n) is 6.09. The zero-order valence-electron chi connectivity index (χ0n) is 14.9. The minimum absolute atomic E-state index is 0.0184. The van der Waals surface area contributed by atoms with Gasteiger partial charge >= 0.3 is 12.4 Å². The van der Waals surface area contributed by atoms with Gasteiger partial charge in [-0.2, -0.15) is 31.3 Å². The molecule has 0 amide bonds. The van der Waals surface area contributed by atoms with Gasteiger partial charge in [0.1, 0.15) is 10.6 Å². The van der Waals surface area contributed by atoms with E-state index in [2.05, 4.69) is 9.97 Å². The van der Waals surface area contributed by atoms with Gasteiger partial charge in [-0.05, 0) is 18.6 Å². The van der Waals surface area contributed by atoms with Gasteiger partial charge in [0.05, 0.1) is 5.56 Å². The van der Waals surface area contributed by atoms with Gasteiger partial charge in [0.2, 0.25) is 5.88 Å². The molecule has 3 rings (SSSR count). The zero-order chi connectivity index (χ0) is 21.2. The molecule has 29 heavy (non-hydrogen) atoms. The number of hydrogen-bond donors (Lipinski definition) is 0. The molecule has 0 N–H and O–H groups in total. The number of aryl methyl sites for hydroxylation is 1. The van der Waals surface area contributed by atoms with Crippen LogP contribution in [0.4, 0.5) is 26.3 Å². The molecule has 0 spiro atoms. The molecule has 154 valence electrons. The largest absolute Gasteiger partial charge is 0.438 e. The Labute approximate surface area is 166 Å². The van der Waals surface area contributed by atoms with Crippen LogP contribution in [0.3, 0.4) is 0 Å². The van der Waals surface area contributed by atoms with E-state index in [1.165, 1.54) is 23.6 Å². The number of alkyl halides is 6. The highest BCUT2D eigenvalue weighted by Crippen LogP contribution is 2.38. The maximum atomic E-state index is 12.8. The number of aromatic nitrogens is 2. The van der Waals surface area contributed by atoms with Gasteiger partial charge < -0.3 is 4.74 Å². The van der Waals surface area contributed by atoms with Crippen LogP contribution in [0.25, 0.3) is 11.4 Å². The molecule has 0 fully saturated rings. The molecule has 10 heteroatoms. The van der Waals surface area contributed by atoms with Crippen molar-refractivity contribution in [1.29, 1.82) is 0 Å². The average Bonchev–Trinajstić information content (AvgIpc) is 3.10. The maximum absolute atomic E-state index is 12.8. The molecular formula is C19H14F6N2OS. The van der Waals surface area contributed by atoms with E-state index in [0.717, 1.165) is 24.6 Å². The number of thiophene rings is 1. The molecule has 0 saturated carbocycles. The molecule has 0 unspecified atom stereocenters. The molecule has 0 aliphatic carbocycles. The molecule has 0 radical (unpaired) electrons. The van der Waals surface area contributed by atoms with E-state index in [9.17, 15) is 26.3 Å². The molecule has 0 aliphatic rings. The van der Waals surface area contributed by atoms with Crippen LogP contribution in [0.2, 0.25) is 0 Å². The van der Waals surface area contributed by atoms with Crippen LogP contribution in [0.5, 0.6) is 11.6 Å². The number of hydrogen-bond acceptors (Lipinski definition) is 4. The molecule has 3 aromatic rings. The van der Waals surface area contributed by atoms with E-state index in [0.29, 0.717) is 29.0 Å². The summed E-state index contributed by atoms with van der Waals surface area (Å²) in [5.41, 5.74) is 0.0983. The Morgan fingerprint density at radius 3 is 2.17 bits per heavy atom. The first-order valence-electron chi connectivity index (χ1n) is 8.45. The van der Waals surface area contributed by atoms with Crippen molar-refractivity contribution >= 4 is 11.3 Å². The van der Waals surface area contributed by atoms with Crippen molar-refractivity contribution in [3.63, 3.8) is 0 Å². The topological polar surface area (TPSA) is 35.0 Å². The van der Waals surface area contributed by atoms with E-state index in [4.69, 9.17) is 4.74 Å². The van der Waals surface area contributed by atoms with Crippen LogP contribution in [0.1, 0.15) is 29.5 Å². The summed E-state index contributed by atoms with van der Waals surface area (Å²) in [5, 5.41) is 1.21. The predicted octanol–water partition coefficient (Wildman–Crippen LogP) is 6.99. The van der Waals surface area contributed by atoms with Crippen LogP contribution < -0.4 is 4.74 Å². The fraction of sp³-hybridized carbons (Fsp3) is 0.263. The fourth-order valence-electron chi connectivity index (χ4n) is 2.49. The van der Waals surface area contributed by atoms with E-state index in [-0.39, 0.29) is 17.5 Å². The highest BCUT2D eigenvalue weighted by atomic mass is 32.1. The highest BCUT2D eigenvalue weighted by molar-refractivity contribution is 7.10.